The number of nitrogens with one attached hydrogen (secondary N) is 1. The maximum atomic E-state index is 11.5. The van der Waals surface area contributed by atoms with Gasteiger partial charge < -0.3 is 20.2 Å². The van der Waals surface area contributed by atoms with Crippen molar-refractivity contribution in [2.75, 3.05) is 40.8 Å². The molecule has 0 aromatic heterocycles. The molecule has 0 radical (unpaired) electrons. The van der Waals surface area contributed by atoms with E-state index in [1.165, 1.54) is 0 Å². The average Bonchev–Trinajstić information content (AvgIpc) is 2.74. The maximum absolute atomic E-state index is 11.5. The van der Waals surface area contributed by atoms with Gasteiger partial charge in [0.25, 0.3) is 0 Å². The van der Waals surface area contributed by atoms with Crippen LogP contribution in [0.25, 0.3) is 0 Å². The summed E-state index contributed by atoms with van der Waals surface area (Å²) < 4.78 is 0. The number of likely N-dealkylation sites (N-methyl/N-ethyl adjacent to an activating group) is 1. The van der Waals surface area contributed by atoms with E-state index in [2.05, 4.69) is 36.3 Å². The van der Waals surface area contributed by atoms with Gasteiger partial charge in [0.05, 0.1) is 0 Å². The van der Waals surface area contributed by atoms with E-state index in [4.69, 9.17) is 0 Å². The topological polar surface area (TPSA) is 55.8 Å². The number of carbonyl (C=O) groups is 1. The molecule has 1 rings (SSSR count). The van der Waals surface area contributed by atoms with Crippen molar-refractivity contribution in [3.8, 4) is 0 Å². The van der Waals surface area contributed by atoms with Gasteiger partial charge in [-0.15, -0.1) is 0 Å². The Kier molecular flexibility index (Phi) is 6.23. The Hall–Kier alpha value is -0.650. The van der Waals surface area contributed by atoms with E-state index in [1.807, 2.05) is 6.92 Å². The minimum absolute atomic E-state index is 0.386. The van der Waals surface area contributed by atoms with Crippen molar-refractivity contribution in [2.45, 2.75) is 44.2 Å². The third-order valence-corrected chi connectivity index (χ3v) is 4.15. The van der Waals surface area contributed by atoms with E-state index >= 15 is 0 Å². The van der Waals surface area contributed by atoms with Crippen LogP contribution in [-0.2, 0) is 4.79 Å². The van der Waals surface area contributed by atoms with Gasteiger partial charge in [0.1, 0.15) is 5.54 Å². The number of aliphatic carboxylic acids is 1. The van der Waals surface area contributed by atoms with Crippen LogP contribution < -0.4 is 5.32 Å². The second-order valence-corrected chi connectivity index (χ2v) is 5.95. The highest BCUT2D eigenvalue weighted by molar-refractivity contribution is 5.79. The van der Waals surface area contributed by atoms with Gasteiger partial charge in [-0.3, -0.25) is 4.79 Å². The Balaban J connectivity index is 2.47. The zero-order chi connectivity index (χ0) is 14.5. The zero-order valence-electron chi connectivity index (χ0n) is 12.8. The van der Waals surface area contributed by atoms with E-state index in [0.717, 1.165) is 32.4 Å². The Labute approximate surface area is 117 Å². The van der Waals surface area contributed by atoms with Crippen molar-refractivity contribution < 1.29 is 9.90 Å². The molecule has 0 aromatic carbocycles. The van der Waals surface area contributed by atoms with Crippen LogP contribution in [0.15, 0.2) is 0 Å². The fourth-order valence-electron chi connectivity index (χ4n) is 2.98. The lowest BCUT2D eigenvalue weighted by Crippen LogP contribution is -2.51. The molecule has 2 unspecified atom stereocenters. The van der Waals surface area contributed by atoms with Crippen molar-refractivity contribution in [1.82, 2.24) is 15.1 Å². The summed E-state index contributed by atoms with van der Waals surface area (Å²) in [5, 5.41) is 12.6. The molecular formula is C14H29N3O2. The third kappa shape index (κ3) is 4.44. The summed E-state index contributed by atoms with van der Waals surface area (Å²) in [6.07, 6.45) is 3.55. The Bertz CT molecular complexity index is 296. The number of hydrogen-bond acceptors (Lipinski definition) is 4. The predicted molar refractivity (Wildman–Crippen MR) is 77.5 cm³/mol. The van der Waals surface area contributed by atoms with Crippen LogP contribution in [0.1, 0.15) is 32.6 Å². The molecule has 112 valence electrons. The normalized spacial score (nSPS) is 27.4. The highest BCUT2D eigenvalue weighted by Gasteiger charge is 2.45. The second-order valence-electron chi connectivity index (χ2n) is 5.95. The average molecular weight is 271 g/mol. The molecule has 0 aromatic rings. The first kappa shape index (κ1) is 16.4. The van der Waals surface area contributed by atoms with Crippen LogP contribution in [-0.4, -0.2) is 73.2 Å². The van der Waals surface area contributed by atoms with Crippen molar-refractivity contribution in [1.29, 1.82) is 0 Å². The highest BCUT2D eigenvalue weighted by atomic mass is 16.4. The SMILES string of the molecule is CCNC1(C(=O)O)CCC(N(C)CCCN(C)C)C1. The molecule has 1 aliphatic rings. The third-order valence-electron chi connectivity index (χ3n) is 4.15. The standard InChI is InChI=1S/C14H29N3O2/c1-5-15-14(13(18)19)8-7-12(11-14)17(4)10-6-9-16(2)3/h12,15H,5-11H2,1-4H3,(H,18,19). The summed E-state index contributed by atoms with van der Waals surface area (Å²) in [4.78, 5) is 16.0. The van der Waals surface area contributed by atoms with Crippen LogP contribution in [0.3, 0.4) is 0 Å². The molecule has 2 atom stereocenters. The molecule has 0 heterocycles. The molecule has 1 fully saturated rings. The lowest BCUT2D eigenvalue weighted by atomic mass is 9.97. The maximum Gasteiger partial charge on any atom is 0.323 e. The molecule has 0 bridgehead atoms. The Morgan fingerprint density at radius 1 is 1.37 bits per heavy atom. The lowest BCUT2D eigenvalue weighted by Gasteiger charge is -2.28. The van der Waals surface area contributed by atoms with E-state index < -0.39 is 11.5 Å². The zero-order valence-corrected chi connectivity index (χ0v) is 12.8. The van der Waals surface area contributed by atoms with Crippen molar-refractivity contribution in [3.05, 3.63) is 0 Å². The van der Waals surface area contributed by atoms with Crippen LogP contribution >= 0.6 is 0 Å². The van der Waals surface area contributed by atoms with Gasteiger partial charge in [-0.1, -0.05) is 6.92 Å². The van der Waals surface area contributed by atoms with Gasteiger partial charge in [0, 0.05) is 6.04 Å². The summed E-state index contributed by atoms with van der Waals surface area (Å²) in [6, 6.07) is 0.386. The fraction of sp³-hybridized carbons (Fsp3) is 0.929. The molecule has 5 heteroatoms. The Morgan fingerprint density at radius 3 is 2.58 bits per heavy atom. The van der Waals surface area contributed by atoms with Gasteiger partial charge >= 0.3 is 5.97 Å². The minimum atomic E-state index is -0.699. The summed E-state index contributed by atoms with van der Waals surface area (Å²) in [7, 11) is 6.27. The summed E-state index contributed by atoms with van der Waals surface area (Å²) in [5.41, 5.74) is -0.699. The monoisotopic (exact) mass is 271 g/mol. The molecule has 1 saturated carbocycles. The van der Waals surface area contributed by atoms with Gasteiger partial charge in [-0.25, -0.2) is 0 Å². The number of nitrogens with zero attached hydrogens (tertiary/aromatic N) is 2. The largest absolute Gasteiger partial charge is 0.480 e. The first-order valence-corrected chi connectivity index (χ1v) is 7.24. The number of hydrogen-bond donors (Lipinski definition) is 2. The van der Waals surface area contributed by atoms with Crippen molar-refractivity contribution in [3.63, 3.8) is 0 Å². The van der Waals surface area contributed by atoms with Crippen LogP contribution in [0.5, 0.6) is 0 Å². The quantitative estimate of drug-likeness (QED) is 0.685. The molecule has 0 saturated heterocycles. The summed E-state index contributed by atoms with van der Waals surface area (Å²) >= 11 is 0. The molecular weight excluding hydrogens is 242 g/mol. The van der Waals surface area contributed by atoms with Crippen molar-refractivity contribution in [2.24, 2.45) is 0 Å². The van der Waals surface area contributed by atoms with E-state index in [-0.39, 0.29) is 0 Å². The molecule has 19 heavy (non-hydrogen) atoms. The van der Waals surface area contributed by atoms with Gasteiger partial charge in [0.15, 0.2) is 0 Å². The van der Waals surface area contributed by atoms with E-state index in [0.29, 0.717) is 19.0 Å². The van der Waals surface area contributed by atoms with Crippen LogP contribution in [0.2, 0.25) is 0 Å². The van der Waals surface area contributed by atoms with Crippen LogP contribution in [0.4, 0.5) is 0 Å². The highest BCUT2D eigenvalue weighted by Crippen LogP contribution is 2.33. The predicted octanol–water partition coefficient (Wildman–Crippen LogP) is 0.855. The molecule has 0 aliphatic heterocycles. The first-order valence-electron chi connectivity index (χ1n) is 7.24. The molecule has 0 spiro atoms. The van der Waals surface area contributed by atoms with Gasteiger partial charge in [-0.05, 0) is 66.5 Å². The van der Waals surface area contributed by atoms with Gasteiger partial charge in [-0.2, -0.15) is 0 Å². The summed E-state index contributed by atoms with van der Waals surface area (Å²) in [5.74, 6) is -0.696. The molecule has 0 amide bonds. The second kappa shape index (κ2) is 7.22. The Morgan fingerprint density at radius 2 is 2.05 bits per heavy atom. The lowest BCUT2D eigenvalue weighted by molar-refractivity contribution is -0.144. The minimum Gasteiger partial charge on any atom is -0.480 e. The first-order chi connectivity index (χ1) is 8.91. The summed E-state index contributed by atoms with van der Waals surface area (Å²) in [6.45, 7) is 4.79. The van der Waals surface area contributed by atoms with E-state index in [1.54, 1.807) is 0 Å². The molecule has 5 nitrogen and oxygen atoms in total. The number of carboxylic acid groups (broad SMARTS) is 1. The van der Waals surface area contributed by atoms with Crippen LogP contribution in [0, 0.1) is 0 Å². The molecule has 2 N–H and O–H groups in total. The van der Waals surface area contributed by atoms with Gasteiger partial charge in [0.2, 0.25) is 0 Å². The fourth-order valence-corrected chi connectivity index (χ4v) is 2.98. The van der Waals surface area contributed by atoms with E-state index in [9.17, 15) is 9.90 Å². The number of rotatable bonds is 8. The smallest absolute Gasteiger partial charge is 0.323 e. The van der Waals surface area contributed by atoms with Crippen molar-refractivity contribution >= 4 is 5.97 Å². The number of carboxylic acids is 1. The molecule has 1 aliphatic carbocycles.